The minimum atomic E-state index is 0.664. The van der Waals surface area contributed by atoms with E-state index in [9.17, 15) is 0 Å². The van der Waals surface area contributed by atoms with Gasteiger partial charge in [-0.25, -0.2) is 0 Å². The van der Waals surface area contributed by atoms with Crippen LogP contribution >= 0.6 is 0 Å². The molecule has 4 heteroatoms. The number of ether oxygens (including phenoxy) is 2. The maximum absolute atomic E-state index is 6.31. The predicted molar refractivity (Wildman–Crippen MR) is 228 cm³/mol. The van der Waals surface area contributed by atoms with Crippen LogP contribution in [-0.4, -0.2) is 62.3 Å². The summed E-state index contributed by atoms with van der Waals surface area (Å²) in [5.74, 6) is 0. The van der Waals surface area contributed by atoms with Crippen LogP contribution < -0.4 is 0 Å². The Bertz CT molecular complexity index is 975. The highest BCUT2D eigenvalue weighted by Crippen LogP contribution is 2.28. The van der Waals surface area contributed by atoms with E-state index in [1.807, 2.05) is 0 Å². The Labute approximate surface area is 323 Å². The van der Waals surface area contributed by atoms with E-state index in [4.69, 9.17) is 9.47 Å². The van der Waals surface area contributed by atoms with Gasteiger partial charge in [-0.1, -0.05) is 166 Å². The molecular weight excluding hydrogens is 637 g/mol. The van der Waals surface area contributed by atoms with Crippen LogP contribution in [0.15, 0.2) is 48.5 Å². The van der Waals surface area contributed by atoms with Gasteiger partial charge in [0.05, 0.1) is 13.2 Å². The van der Waals surface area contributed by atoms with Gasteiger partial charge in [-0.2, -0.15) is 0 Å². The fourth-order valence-electron chi connectivity index (χ4n) is 7.33. The number of rotatable bonds is 37. The average Bonchev–Trinajstić information content (AvgIpc) is 3.17. The van der Waals surface area contributed by atoms with Crippen molar-refractivity contribution in [3.63, 3.8) is 0 Å². The fourth-order valence-corrected chi connectivity index (χ4v) is 7.33. The van der Waals surface area contributed by atoms with Crippen molar-refractivity contribution in [2.75, 3.05) is 52.5 Å². The van der Waals surface area contributed by atoms with E-state index in [1.54, 1.807) is 0 Å². The maximum Gasteiger partial charge on any atom is 0.0722 e. The van der Waals surface area contributed by atoms with Crippen LogP contribution in [0, 0.1) is 0 Å². The SMILES string of the molecule is CCCCCCCCN(CCCCC)CCCCOCc1ccccc1-c1ccccc1COCCCCN(CCCCC)CCCCCCCC. The Kier molecular flexibility index (Phi) is 30.2. The Morgan fingerprint density at radius 3 is 1.02 bits per heavy atom. The first-order valence-corrected chi connectivity index (χ1v) is 22.5. The molecule has 52 heavy (non-hydrogen) atoms. The van der Waals surface area contributed by atoms with Gasteiger partial charge in [0.1, 0.15) is 0 Å². The van der Waals surface area contributed by atoms with Gasteiger partial charge >= 0.3 is 0 Å². The van der Waals surface area contributed by atoms with E-state index in [0.29, 0.717) is 13.2 Å². The van der Waals surface area contributed by atoms with Crippen LogP contribution in [0.3, 0.4) is 0 Å². The molecule has 2 aromatic rings. The van der Waals surface area contributed by atoms with E-state index < -0.39 is 0 Å². The van der Waals surface area contributed by atoms with Gasteiger partial charge in [-0.05, 0) is 113 Å². The second-order valence-corrected chi connectivity index (χ2v) is 15.5. The minimum absolute atomic E-state index is 0.664. The number of hydrogen-bond acceptors (Lipinski definition) is 4. The van der Waals surface area contributed by atoms with Crippen LogP contribution in [0.1, 0.15) is 180 Å². The first-order chi connectivity index (χ1) is 25.7. The summed E-state index contributed by atoms with van der Waals surface area (Å²) in [6, 6.07) is 17.6. The molecule has 0 radical (unpaired) electrons. The number of nitrogens with zero attached hydrogens (tertiary/aromatic N) is 2. The highest BCUT2D eigenvalue weighted by atomic mass is 16.5. The van der Waals surface area contributed by atoms with Crippen molar-refractivity contribution in [1.82, 2.24) is 9.80 Å². The summed E-state index contributed by atoms with van der Waals surface area (Å²) in [6.07, 6.45) is 29.2. The van der Waals surface area contributed by atoms with Crippen molar-refractivity contribution in [3.05, 3.63) is 59.7 Å². The highest BCUT2D eigenvalue weighted by molar-refractivity contribution is 5.70. The lowest BCUT2D eigenvalue weighted by Gasteiger charge is -2.22. The molecule has 0 saturated carbocycles. The molecule has 2 aromatic carbocycles. The summed E-state index contributed by atoms with van der Waals surface area (Å²) in [5.41, 5.74) is 5.10. The molecule has 0 aliphatic rings. The first-order valence-electron chi connectivity index (χ1n) is 22.5. The molecule has 0 bridgehead atoms. The minimum Gasteiger partial charge on any atom is -0.377 e. The molecule has 2 rings (SSSR count). The van der Waals surface area contributed by atoms with Crippen molar-refractivity contribution in [2.45, 2.75) is 182 Å². The van der Waals surface area contributed by atoms with Crippen LogP contribution in [0.5, 0.6) is 0 Å². The highest BCUT2D eigenvalue weighted by Gasteiger charge is 2.11. The third-order valence-corrected chi connectivity index (χ3v) is 10.7. The Hall–Kier alpha value is -1.72. The largest absolute Gasteiger partial charge is 0.377 e. The standard InChI is InChI=1S/C48H84N2O2/c1-5-9-13-15-17-25-37-49(35-23-11-7-3)39-27-29-41-51-43-45-31-19-21-33-47(45)48-34-22-20-32-46(48)44-52-42-30-28-40-50(36-24-12-8-4)38-26-18-16-14-10-6-2/h19-22,31-34H,5-18,23-30,35-44H2,1-4H3. The van der Waals surface area contributed by atoms with Crippen molar-refractivity contribution in [2.24, 2.45) is 0 Å². The van der Waals surface area contributed by atoms with Crippen molar-refractivity contribution < 1.29 is 9.47 Å². The lowest BCUT2D eigenvalue weighted by molar-refractivity contribution is 0.113. The third-order valence-electron chi connectivity index (χ3n) is 10.7. The van der Waals surface area contributed by atoms with Gasteiger partial charge in [-0.15, -0.1) is 0 Å². The predicted octanol–water partition coefficient (Wildman–Crippen LogP) is 13.7. The number of unbranched alkanes of at least 4 members (excludes halogenated alkanes) is 16. The monoisotopic (exact) mass is 721 g/mol. The zero-order valence-electron chi connectivity index (χ0n) is 35.0. The molecule has 4 nitrogen and oxygen atoms in total. The molecule has 0 atom stereocenters. The van der Waals surface area contributed by atoms with Crippen molar-refractivity contribution >= 4 is 0 Å². The van der Waals surface area contributed by atoms with Crippen LogP contribution in [0.25, 0.3) is 11.1 Å². The second kappa shape index (κ2) is 33.8. The zero-order valence-corrected chi connectivity index (χ0v) is 35.0. The van der Waals surface area contributed by atoms with Gasteiger partial charge in [0.25, 0.3) is 0 Å². The molecule has 0 heterocycles. The number of benzene rings is 2. The summed E-state index contributed by atoms with van der Waals surface area (Å²) in [6.45, 7) is 19.7. The molecule has 0 aromatic heterocycles. The van der Waals surface area contributed by atoms with E-state index in [0.717, 1.165) is 26.1 Å². The molecular formula is C48H84N2O2. The third kappa shape index (κ3) is 23.1. The van der Waals surface area contributed by atoms with E-state index >= 15 is 0 Å². The Morgan fingerprint density at radius 1 is 0.346 bits per heavy atom. The molecule has 0 amide bonds. The lowest BCUT2D eigenvalue weighted by Crippen LogP contribution is -2.27. The normalized spacial score (nSPS) is 11.7. The van der Waals surface area contributed by atoms with Gasteiger partial charge in [0.2, 0.25) is 0 Å². The second-order valence-electron chi connectivity index (χ2n) is 15.5. The van der Waals surface area contributed by atoms with Gasteiger partial charge < -0.3 is 19.3 Å². The smallest absolute Gasteiger partial charge is 0.0722 e. The summed E-state index contributed by atoms with van der Waals surface area (Å²) in [4.78, 5) is 5.45. The van der Waals surface area contributed by atoms with Gasteiger partial charge in [0.15, 0.2) is 0 Å². The van der Waals surface area contributed by atoms with Crippen LogP contribution in [-0.2, 0) is 22.7 Å². The molecule has 0 unspecified atom stereocenters. The Balaban J connectivity index is 1.76. The fraction of sp³-hybridized carbons (Fsp3) is 0.750. The molecule has 298 valence electrons. The summed E-state index contributed by atoms with van der Waals surface area (Å²) < 4.78 is 12.6. The first kappa shape index (κ1) is 46.4. The van der Waals surface area contributed by atoms with Crippen molar-refractivity contribution in [1.29, 1.82) is 0 Å². The average molecular weight is 721 g/mol. The topological polar surface area (TPSA) is 24.9 Å². The van der Waals surface area contributed by atoms with E-state index in [2.05, 4.69) is 86.0 Å². The summed E-state index contributed by atoms with van der Waals surface area (Å²) in [7, 11) is 0. The quantitative estimate of drug-likeness (QED) is 0.0649. The van der Waals surface area contributed by atoms with E-state index in [-0.39, 0.29) is 0 Å². The lowest BCUT2D eigenvalue weighted by atomic mass is 9.96. The molecule has 0 fully saturated rings. The van der Waals surface area contributed by atoms with Gasteiger partial charge in [-0.3, -0.25) is 0 Å². The molecule has 0 spiro atoms. The number of hydrogen-bond donors (Lipinski definition) is 0. The Morgan fingerprint density at radius 2 is 0.635 bits per heavy atom. The zero-order chi connectivity index (χ0) is 37.2. The molecule has 0 N–H and O–H groups in total. The molecule has 0 aliphatic carbocycles. The summed E-state index contributed by atoms with van der Waals surface area (Å²) >= 11 is 0. The van der Waals surface area contributed by atoms with Gasteiger partial charge in [0, 0.05) is 13.2 Å². The summed E-state index contributed by atoms with van der Waals surface area (Å²) in [5, 5.41) is 0. The van der Waals surface area contributed by atoms with Crippen LogP contribution in [0.2, 0.25) is 0 Å². The molecule has 0 saturated heterocycles. The molecule has 0 aliphatic heterocycles. The van der Waals surface area contributed by atoms with E-state index in [1.165, 1.54) is 190 Å². The van der Waals surface area contributed by atoms with Crippen LogP contribution in [0.4, 0.5) is 0 Å². The maximum atomic E-state index is 6.31. The van der Waals surface area contributed by atoms with Crippen molar-refractivity contribution in [3.8, 4) is 11.1 Å².